The number of alkyl halides is 3. The van der Waals surface area contributed by atoms with Crippen LogP contribution in [0.3, 0.4) is 0 Å². The van der Waals surface area contributed by atoms with E-state index < -0.39 is 12.6 Å². The van der Waals surface area contributed by atoms with Crippen LogP contribution in [0.5, 0.6) is 0 Å². The van der Waals surface area contributed by atoms with Crippen LogP contribution in [-0.2, 0) is 0 Å². The average Bonchev–Trinajstić information content (AvgIpc) is 3.25. The zero-order chi connectivity index (χ0) is 15.3. The van der Waals surface area contributed by atoms with Crippen molar-refractivity contribution in [2.75, 3.05) is 19.6 Å². The fourth-order valence-corrected chi connectivity index (χ4v) is 4.03. The molecule has 0 amide bonds. The minimum Gasteiger partial charge on any atom is -0.308 e. The third kappa shape index (κ3) is 3.39. The Morgan fingerprint density at radius 1 is 1.10 bits per heavy atom. The van der Waals surface area contributed by atoms with Gasteiger partial charge in [0.05, 0.1) is 0 Å². The highest BCUT2D eigenvalue weighted by atomic mass is 19.4. The summed E-state index contributed by atoms with van der Waals surface area (Å²) in [6.45, 7) is 6.92. The molecule has 2 aliphatic carbocycles. The monoisotopic (exact) mass is 304 g/mol. The van der Waals surface area contributed by atoms with Crippen LogP contribution < -0.4 is 5.32 Å². The Kier molecular flexibility index (Phi) is 3.80. The van der Waals surface area contributed by atoms with Gasteiger partial charge in [0.1, 0.15) is 0 Å². The van der Waals surface area contributed by atoms with E-state index in [-0.39, 0.29) is 17.5 Å². The molecule has 0 spiro atoms. The molecule has 1 heterocycles. The Hall–Kier alpha value is -0.290. The molecule has 122 valence electrons. The SMILES string of the molecule is CC1(C2CC2)CN(CCCC(F)(F)F)C(C)(C2CC2)CN1. The van der Waals surface area contributed by atoms with E-state index in [0.717, 1.165) is 13.1 Å². The first kappa shape index (κ1) is 15.6. The fourth-order valence-electron chi connectivity index (χ4n) is 4.03. The van der Waals surface area contributed by atoms with Gasteiger partial charge in [-0.2, -0.15) is 13.2 Å². The van der Waals surface area contributed by atoms with E-state index in [0.29, 0.717) is 18.4 Å². The first-order valence-electron chi connectivity index (χ1n) is 8.30. The Bertz CT molecular complexity index is 389. The number of piperazine rings is 1. The molecule has 2 saturated carbocycles. The lowest BCUT2D eigenvalue weighted by Crippen LogP contribution is -2.69. The minimum absolute atomic E-state index is 0.0556. The largest absolute Gasteiger partial charge is 0.389 e. The number of hydrogen-bond acceptors (Lipinski definition) is 2. The molecule has 0 aromatic carbocycles. The average molecular weight is 304 g/mol. The topological polar surface area (TPSA) is 15.3 Å². The molecule has 0 aromatic rings. The fraction of sp³-hybridized carbons (Fsp3) is 1.00. The maximum atomic E-state index is 12.4. The molecule has 1 aliphatic heterocycles. The van der Waals surface area contributed by atoms with Crippen LogP contribution in [0, 0.1) is 11.8 Å². The third-order valence-corrected chi connectivity index (χ3v) is 5.92. The lowest BCUT2D eigenvalue weighted by atomic mass is 9.83. The molecule has 1 N–H and O–H groups in total. The molecule has 5 heteroatoms. The molecule has 2 nitrogen and oxygen atoms in total. The van der Waals surface area contributed by atoms with Gasteiger partial charge in [-0.15, -0.1) is 0 Å². The Labute approximate surface area is 125 Å². The number of hydrogen-bond donors (Lipinski definition) is 1. The van der Waals surface area contributed by atoms with Crippen molar-refractivity contribution in [3.63, 3.8) is 0 Å². The van der Waals surface area contributed by atoms with E-state index in [1.165, 1.54) is 25.7 Å². The predicted octanol–water partition coefficient (Wildman–Crippen LogP) is 3.57. The van der Waals surface area contributed by atoms with E-state index in [9.17, 15) is 13.2 Å². The van der Waals surface area contributed by atoms with Crippen LogP contribution in [0.15, 0.2) is 0 Å². The van der Waals surface area contributed by atoms with Crippen LogP contribution in [-0.4, -0.2) is 41.8 Å². The van der Waals surface area contributed by atoms with Crippen LogP contribution in [0.4, 0.5) is 13.2 Å². The second kappa shape index (κ2) is 5.12. The van der Waals surface area contributed by atoms with Crippen molar-refractivity contribution in [2.24, 2.45) is 11.8 Å². The second-order valence-corrected chi connectivity index (χ2v) is 7.82. The summed E-state index contributed by atoms with van der Waals surface area (Å²) in [7, 11) is 0. The summed E-state index contributed by atoms with van der Waals surface area (Å²) < 4.78 is 37.3. The molecule has 3 fully saturated rings. The van der Waals surface area contributed by atoms with Crippen molar-refractivity contribution in [1.82, 2.24) is 10.2 Å². The zero-order valence-corrected chi connectivity index (χ0v) is 13.1. The normalized spacial score (nSPS) is 38.7. The van der Waals surface area contributed by atoms with Gasteiger partial charge in [-0.1, -0.05) is 0 Å². The Morgan fingerprint density at radius 3 is 2.24 bits per heavy atom. The first-order chi connectivity index (χ1) is 9.73. The van der Waals surface area contributed by atoms with Crippen molar-refractivity contribution >= 4 is 0 Å². The standard InChI is InChI=1S/C16H27F3N2/c1-14(12-4-5-12)11-21(9-3-8-16(17,18)19)15(2,10-20-14)13-6-7-13/h12-13,20H,3-11H2,1-2H3. The third-order valence-electron chi connectivity index (χ3n) is 5.92. The molecular formula is C16H27F3N2. The quantitative estimate of drug-likeness (QED) is 0.835. The van der Waals surface area contributed by atoms with Crippen molar-refractivity contribution < 1.29 is 13.2 Å². The minimum atomic E-state index is -4.02. The molecule has 2 unspecified atom stereocenters. The smallest absolute Gasteiger partial charge is 0.308 e. The molecule has 21 heavy (non-hydrogen) atoms. The molecule has 0 aromatic heterocycles. The van der Waals surface area contributed by atoms with Gasteiger partial charge in [0.25, 0.3) is 0 Å². The number of nitrogens with one attached hydrogen (secondary N) is 1. The van der Waals surface area contributed by atoms with Gasteiger partial charge < -0.3 is 5.32 Å². The summed E-state index contributed by atoms with van der Waals surface area (Å²) in [5, 5.41) is 3.74. The molecule has 0 radical (unpaired) electrons. The molecule has 1 saturated heterocycles. The van der Waals surface area contributed by atoms with E-state index in [1.807, 2.05) is 0 Å². The summed E-state index contributed by atoms with van der Waals surface area (Å²) in [6, 6.07) is 0. The van der Waals surface area contributed by atoms with Gasteiger partial charge >= 0.3 is 6.18 Å². The molecular weight excluding hydrogens is 277 g/mol. The van der Waals surface area contributed by atoms with Crippen molar-refractivity contribution in [2.45, 2.75) is 69.6 Å². The maximum Gasteiger partial charge on any atom is 0.389 e. The zero-order valence-electron chi connectivity index (χ0n) is 13.1. The van der Waals surface area contributed by atoms with Crippen molar-refractivity contribution in [1.29, 1.82) is 0 Å². The van der Waals surface area contributed by atoms with Crippen LogP contribution in [0.1, 0.15) is 52.4 Å². The van der Waals surface area contributed by atoms with Crippen molar-refractivity contribution in [3.05, 3.63) is 0 Å². The highest BCUT2D eigenvalue weighted by Crippen LogP contribution is 2.48. The first-order valence-corrected chi connectivity index (χ1v) is 8.30. The highest BCUT2D eigenvalue weighted by Gasteiger charge is 2.53. The van der Waals surface area contributed by atoms with Gasteiger partial charge in [0.15, 0.2) is 0 Å². The number of nitrogens with zero attached hydrogens (tertiary/aromatic N) is 1. The Morgan fingerprint density at radius 2 is 1.71 bits per heavy atom. The highest BCUT2D eigenvalue weighted by molar-refractivity contribution is 5.11. The second-order valence-electron chi connectivity index (χ2n) is 7.82. The van der Waals surface area contributed by atoms with E-state index in [1.54, 1.807) is 0 Å². The van der Waals surface area contributed by atoms with Crippen LogP contribution >= 0.6 is 0 Å². The molecule has 3 rings (SSSR count). The Balaban J connectivity index is 1.65. The summed E-state index contributed by atoms with van der Waals surface area (Å²) in [5.41, 5.74) is 0.159. The van der Waals surface area contributed by atoms with E-state index in [4.69, 9.17) is 0 Å². The van der Waals surface area contributed by atoms with Crippen molar-refractivity contribution in [3.8, 4) is 0 Å². The summed E-state index contributed by atoms with van der Waals surface area (Å²) in [5.74, 6) is 1.38. The number of rotatable bonds is 5. The maximum absolute atomic E-state index is 12.4. The van der Waals surface area contributed by atoms with Crippen LogP contribution in [0.2, 0.25) is 0 Å². The van der Waals surface area contributed by atoms with Gasteiger partial charge in [0.2, 0.25) is 0 Å². The lowest BCUT2D eigenvalue weighted by Gasteiger charge is -2.53. The molecule has 0 bridgehead atoms. The molecule has 3 aliphatic rings. The summed E-state index contributed by atoms with van der Waals surface area (Å²) in [4.78, 5) is 2.38. The van der Waals surface area contributed by atoms with Gasteiger partial charge in [-0.25, -0.2) is 0 Å². The number of halogens is 3. The van der Waals surface area contributed by atoms with Gasteiger partial charge in [0, 0.05) is 30.6 Å². The molecule has 2 atom stereocenters. The summed E-state index contributed by atoms with van der Waals surface area (Å²) >= 11 is 0. The predicted molar refractivity (Wildman–Crippen MR) is 77.1 cm³/mol. The van der Waals surface area contributed by atoms with Crippen LogP contribution in [0.25, 0.3) is 0 Å². The van der Waals surface area contributed by atoms with Gasteiger partial charge in [-0.3, -0.25) is 4.90 Å². The summed E-state index contributed by atoms with van der Waals surface area (Å²) in [6.07, 6.45) is 0.538. The van der Waals surface area contributed by atoms with Gasteiger partial charge in [-0.05, 0) is 64.3 Å². The lowest BCUT2D eigenvalue weighted by molar-refractivity contribution is -0.137. The van der Waals surface area contributed by atoms with E-state index >= 15 is 0 Å². The van der Waals surface area contributed by atoms with E-state index in [2.05, 4.69) is 24.1 Å².